The lowest BCUT2D eigenvalue weighted by molar-refractivity contribution is -0.118. The monoisotopic (exact) mass is 369 g/mol. The number of hydrogen-bond acceptors (Lipinski definition) is 3. The van der Waals surface area contributed by atoms with Gasteiger partial charge in [-0.3, -0.25) is 4.79 Å². The summed E-state index contributed by atoms with van der Waals surface area (Å²) in [6, 6.07) is 8.19. The molecule has 5 atom stereocenters. The Balaban J connectivity index is 1.54. The van der Waals surface area contributed by atoms with Crippen LogP contribution in [-0.4, -0.2) is 28.3 Å². The van der Waals surface area contributed by atoms with E-state index in [2.05, 4.69) is 25.1 Å². The summed E-state index contributed by atoms with van der Waals surface area (Å²) in [5.41, 5.74) is 8.92. The van der Waals surface area contributed by atoms with Gasteiger partial charge >= 0.3 is 0 Å². The lowest BCUT2D eigenvalue weighted by atomic mass is 9.88. The molecule has 4 heteroatoms. The number of fused-ring (bicyclic) bond motifs is 1. The van der Waals surface area contributed by atoms with Gasteiger partial charge in [-0.2, -0.15) is 0 Å². The standard InChI is InChI=1S/C23H31NO3/c1-15-4-2-5-16(10-15)12-19(25)8-9-20-21-13-17(6-3-7-23(24)27)11-18(21)14-22(20)26/h2,4-5,8-11,18-22,25-26H,3,6-7,12-14H2,1H3,(H2,24,27)/t18-,19-,20+,21-,22+/m0/s1. The minimum absolute atomic E-state index is 0.0899. The predicted octanol–water partition coefficient (Wildman–Crippen LogP) is 3.05. The van der Waals surface area contributed by atoms with E-state index < -0.39 is 6.10 Å². The van der Waals surface area contributed by atoms with Crippen LogP contribution in [0.5, 0.6) is 0 Å². The maximum atomic E-state index is 10.9. The van der Waals surface area contributed by atoms with E-state index in [9.17, 15) is 15.0 Å². The molecule has 0 aromatic heterocycles. The van der Waals surface area contributed by atoms with Crippen LogP contribution in [0, 0.1) is 24.7 Å². The highest BCUT2D eigenvalue weighted by molar-refractivity contribution is 5.73. The van der Waals surface area contributed by atoms with Gasteiger partial charge in [0.25, 0.3) is 0 Å². The molecule has 1 saturated carbocycles. The third-order valence-electron chi connectivity index (χ3n) is 5.95. The number of primary amides is 1. The van der Waals surface area contributed by atoms with Crippen LogP contribution in [0.3, 0.4) is 0 Å². The zero-order valence-electron chi connectivity index (χ0n) is 16.1. The second-order valence-electron chi connectivity index (χ2n) is 8.20. The van der Waals surface area contributed by atoms with E-state index in [1.165, 1.54) is 11.1 Å². The van der Waals surface area contributed by atoms with Crippen LogP contribution in [-0.2, 0) is 11.2 Å². The van der Waals surface area contributed by atoms with E-state index >= 15 is 0 Å². The Morgan fingerprint density at radius 2 is 2.22 bits per heavy atom. The van der Waals surface area contributed by atoms with Gasteiger partial charge in [-0.1, -0.05) is 53.6 Å². The summed E-state index contributed by atoms with van der Waals surface area (Å²) in [4.78, 5) is 10.9. The zero-order valence-corrected chi connectivity index (χ0v) is 16.1. The van der Waals surface area contributed by atoms with Crippen molar-refractivity contribution in [2.24, 2.45) is 23.5 Å². The van der Waals surface area contributed by atoms with E-state index in [1.54, 1.807) is 0 Å². The molecule has 4 N–H and O–H groups in total. The van der Waals surface area contributed by atoms with Crippen molar-refractivity contribution in [1.82, 2.24) is 0 Å². The van der Waals surface area contributed by atoms with Gasteiger partial charge < -0.3 is 15.9 Å². The van der Waals surface area contributed by atoms with Crippen molar-refractivity contribution in [3.8, 4) is 0 Å². The van der Waals surface area contributed by atoms with Gasteiger partial charge in [-0.15, -0.1) is 0 Å². The number of aliphatic hydroxyl groups excluding tert-OH is 2. The van der Waals surface area contributed by atoms with Crippen LogP contribution in [0.2, 0.25) is 0 Å². The first kappa shape index (κ1) is 19.8. The molecule has 0 bridgehead atoms. The summed E-state index contributed by atoms with van der Waals surface area (Å²) < 4.78 is 0. The molecule has 0 aliphatic heterocycles. The number of aliphatic hydroxyl groups is 2. The minimum Gasteiger partial charge on any atom is -0.392 e. The van der Waals surface area contributed by atoms with Gasteiger partial charge in [0, 0.05) is 18.8 Å². The van der Waals surface area contributed by atoms with Gasteiger partial charge in [-0.25, -0.2) is 0 Å². The Morgan fingerprint density at radius 3 is 2.96 bits per heavy atom. The van der Waals surface area contributed by atoms with Crippen molar-refractivity contribution >= 4 is 5.91 Å². The lowest BCUT2D eigenvalue weighted by Crippen LogP contribution is -2.18. The zero-order chi connectivity index (χ0) is 19.4. The number of allylic oxidation sites excluding steroid dienone is 2. The highest BCUT2D eigenvalue weighted by atomic mass is 16.3. The fourth-order valence-corrected chi connectivity index (χ4v) is 4.69. The summed E-state index contributed by atoms with van der Waals surface area (Å²) in [5, 5.41) is 20.8. The number of carbonyl (C=O) groups excluding carboxylic acids is 1. The van der Waals surface area contributed by atoms with Crippen LogP contribution in [0.25, 0.3) is 0 Å². The highest BCUT2D eigenvalue weighted by Gasteiger charge is 2.43. The molecular weight excluding hydrogens is 338 g/mol. The summed E-state index contributed by atoms with van der Waals surface area (Å²) in [6.07, 6.45) is 9.79. The molecule has 2 aliphatic carbocycles. The van der Waals surface area contributed by atoms with Crippen molar-refractivity contribution < 1.29 is 15.0 Å². The van der Waals surface area contributed by atoms with Crippen molar-refractivity contribution in [3.05, 3.63) is 59.2 Å². The summed E-state index contributed by atoms with van der Waals surface area (Å²) in [6.45, 7) is 2.05. The van der Waals surface area contributed by atoms with Crippen molar-refractivity contribution in [2.45, 2.75) is 57.7 Å². The number of aryl methyl sites for hydroxylation is 1. The van der Waals surface area contributed by atoms with E-state index in [0.29, 0.717) is 24.7 Å². The molecule has 1 amide bonds. The van der Waals surface area contributed by atoms with E-state index in [4.69, 9.17) is 5.73 Å². The SMILES string of the molecule is Cc1cccc(C[C@@H](O)C=C[C@@H]2[C@H]3CC(CCCC(N)=O)=C[C@H]3C[C@H]2O)c1. The molecule has 146 valence electrons. The number of hydrogen-bond donors (Lipinski definition) is 3. The molecule has 3 rings (SSSR count). The minimum atomic E-state index is -0.539. The molecule has 0 radical (unpaired) electrons. The van der Waals surface area contributed by atoms with Crippen molar-refractivity contribution in [2.75, 3.05) is 0 Å². The van der Waals surface area contributed by atoms with Gasteiger partial charge in [0.1, 0.15) is 0 Å². The summed E-state index contributed by atoms with van der Waals surface area (Å²) in [7, 11) is 0. The van der Waals surface area contributed by atoms with E-state index in [1.807, 2.05) is 24.3 Å². The molecule has 4 nitrogen and oxygen atoms in total. The van der Waals surface area contributed by atoms with E-state index in [-0.39, 0.29) is 17.9 Å². The lowest BCUT2D eigenvalue weighted by Gasteiger charge is -2.19. The fraction of sp³-hybridized carbons (Fsp3) is 0.522. The molecule has 1 fully saturated rings. The quantitative estimate of drug-likeness (QED) is 0.616. The topological polar surface area (TPSA) is 83.5 Å². The molecular formula is C23H31NO3. The normalized spacial score (nSPS) is 28.3. The van der Waals surface area contributed by atoms with Crippen LogP contribution in [0.15, 0.2) is 48.1 Å². The number of rotatable bonds is 8. The molecule has 1 aromatic carbocycles. The average Bonchev–Trinajstić information content (AvgIpc) is 3.09. The van der Waals surface area contributed by atoms with Gasteiger partial charge in [0.15, 0.2) is 0 Å². The summed E-state index contributed by atoms with van der Waals surface area (Å²) in [5.74, 6) is 0.665. The number of nitrogens with two attached hydrogens (primary N) is 1. The number of benzene rings is 1. The highest BCUT2D eigenvalue weighted by Crippen LogP contribution is 2.48. The average molecular weight is 370 g/mol. The molecule has 1 aromatic rings. The maximum Gasteiger partial charge on any atom is 0.217 e. The predicted molar refractivity (Wildman–Crippen MR) is 107 cm³/mol. The van der Waals surface area contributed by atoms with Gasteiger partial charge in [0.2, 0.25) is 5.91 Å². The Labute approximate surface area is 161 Å². The van der Waals surface area contributed by atoms with E-state index in [0.717, 1.165) is 31.2 Å². The molecule has 0 saturated heterocycles. The van der Waals surface area contributed by atoms with Crippen LogP contribution >= 0.6 is 0 Å². The largest absolute Gasteiger partial charge is 0.392 e. The van der Waals surface area contributed by atoms with Crippen LogP contribution in [0.4, 0.5) is 0 Å². The third-order valence-corrected chi connectivity index (χ3v) is 5.95. The van der Waals surface area contributed by atoms with Gasteiger partial charge in [0.05, 0.1) is 12.2 Å². The molecule has 0 spiro atoms. The second-order valence-corrected chi connectivity index (χ2v) is 8.20. The first-order valence-electron chi connectivity index (χ1n) is 10.00. The number of amides is 1. The van der Waals surface area contributed by atoms with Crippen LogP contribution < -0.4 is 5.73 Å². The fourth-order valence-electron chi connectivity index (χ4n) is 4.69. The third kappa shape index (κ3) is 5.30. The van der Waals surface area contributed by atoms with Crippen molar-refractivity contribution in [3.63, 3.8) is 0 Å². The molecule has 0 unspecified atom stereocenters. The van der Waals surface area contributed by atoms with Crippen molar-refractivity contribution in [1.29, 1.82) is 0 Å². The second kappa shape index (κ2) is 8.85. The number of carbonyl (C=O) groups is 1. The summed E-state index contributed by atoms with van der Waals surface area (Å²) >= 11 is 0. The Kier molecular flexibility index (Phi) is 6.51. The first-order valence-corrected chi connectivity index (χ1v) is 10.00. The molecule has 2 aliphatic rings. The Bertz CT molecular complexity index is 724. The smallest absolute Gasteiger partial charge is 0.217 e. The molecule has 0 heterocycles. The first-order chi connectivity index (χ1) is 12.9. The Morgan fingerprint density at radius 1 is 1.41 bits per heavy atom. The molecule has 27 heavy (non-hydrogen) atoms. The Hall–Kier alpha value is -1.91. The van der Waals surface area contributed by atoms with Gasteiger partial charge in [-0.05, 0) is 50.0 Å². The van der Waals surface area contributed by atoms with Crippen LogP contribution in [0.1, 0.15) is 43.2 Å². The maximum absolute atomic E-state index is 10.9.